The Bertz CT molecular complexity index is 887. The van der Waals surface area contributed by atoms with Crippen LogP contribution in [0.25, 0.3) is 0 Å². The quantitative estimate of drug-likeness (QED) is 0.700. The van der Waals surface area contributed by atoms with Crippen LogP contribution < -0.4 is 5.43 Å². The maximum atomic E-state index is 13.3. The molecule has 2 heterocycles. The van der Waals surface area contributed by atoms with E-state index in [1.54, 1.807) is 6.07 Å². The number of hydrogen-bond acceptors (Lipinski definition) is 4. The van der Waals surface area contributed by atoms with Gasteiger partial charge in [-0.25, -0.2) is 0 Å². The molecule has 0 radical (unpaired) electrons. The van der Waals surface area contributed by atoms with E-state index >= 15 is 0 Å². The van der Waals surface area contributed by atoms with Crippen molar-refractivity contribution in [2.24, 2.45) is 0 Å². The van der Waals surface area contributed by atoms with Crippen LogP contribution in [0.2, 0.25) is 0 Å². The second-order valence-electron chi connectivity index (χ2n) is 7.82. The fourth-order valence-electron chi connectivity index (χ4n) is 3.76. The van der Waals surface area contributed by atoms with Gasteiger partial charge in [0.25, 0.3) is 5.91 Å². The number of nitrogens with zero attached hydrogens (tertiary/aromatic N) is 3. The van der Waals surface area contributed by atoms with E-state index in [1.165, 1.54) is 5.56 Å². The lowest BCUT2D eigenvalue weighted by Gasteiger charge is -2.28. The van der Waals surface area contributed by atoms with E-state index < -0.39 is 0 Å². The number of pyridine rings is 1. The third-order valence-electron chi connectivity index (χ3n) is 5.40. The summed E-state index contributed by atoms with van der Waals surface area (Å²) in [4.78, 5) is 30.3. The van der Waals surface area contributed by atoms with Gasteiger partial charge in [-0.05, 0) is 39.4 Å². The molecule has 0 bridgehead atoms. The van der Waals surface area contributed by atoms with Crippen LogP contribution in [0, 0.1) is 6.92 Å². The lowest BCUT2D eigenvalue weighted by molar-refractivity contribution is 0.0768. The molecule has 1 aliphatic rings. The van der Waals surface area contributed by atoms with Crippen LogP contribution in [-0.2, 0) is 19.4 Å². The first-order chi connectivity index (χ1) is 14.0. The fourth-order valence-corrected chi connectivity index (χ4v) is 4.67. The Kier molecular flexibility index (Phi) is 7.56. The van der Waals surface area contributed by atoms with Gasteiger partial charge in [0.15, 0.2) is 5.43 Å². The number of amides is 1. The summed E-state index contributed by atoms with van der Waals surface area (Å²) in [6, 6.07) is 11.9. The number of carbonyl (C=O) groups is 1. The molecule has 0 aliphatic carbocycles. The molecule has 0 spiro atoms. The zero-order valence-corrected chi connectivity index (χ0v) is 18.5. The molecule has 2 aromatic rings. The number of rotatable bonds is 7. The minimum absolute atomic E-state index is 0.100. The van der Waals surface area contributed by atoms with Crippen molar-refractivity contribution in [2.75, 3.05) is 45.2 Å². The topological polar surface area (TPSA) is 45.6 Å². The molecular formula is C23H31N3O2S. The number of thioether (sulfide) groups is 1. The standard InChI is InChI=1S/C23H31N3O2S/c1-18-17-21(27)22(23(28)25-13-15-29-16-14-25)20(26(18)12-11-24(2)3)10-9-19-7-5-4-6-8-19/h4-8,17H,9-16H2,1-3H3. The van der Waals surface area contributed by atoms with Gasteiger partial charge in [-0.2, -0.15) is 11.8 Å². The molecule has 1 amide bonds. The normalized spacial score (nSPS) is 14.4. The molecule has 29 heavy (non-hydrogen) atoms. The molecular weight excluding hydrogens is 382 g/mol. The summed E-state index contributed by atoms with van der Waals surface area (Å²) < 4.78 is 2.18. The first-order valence-corrected chi connectivity index (χ1v) is 11.4. The summed E-state index contributed by atoms with van der Waals surface area (Å²) in [5.41, 5.74) is 3.25. The van der Waals surface area contributed by atoms with E-state index in [0.717, 1.165) is 42.4 Å². The minimum Gasteiger partial charge on any atom is -0.347 e. The maximum Gasteiger partial charge on any atom is 0.259 e. The Labute approximate surface area is 177 Å². The highest BCUT2D eigenvalue weighted by Crippen LogP contribution is 2.18. The van der Waals surface area contributed by atoms with Crippen molar-refractivity contribution in [3.8, 4) is 0 Å². The van der Waals surface area contributed by atoms with Gasteiger partial charge in [0.05, 0.1) is 0 Å². The van der Waals surface area contributed by atoms with E-state index in [-0.39, 0.29) is 11.3 Å². The SMILES string of the molecule is Cc1cc(=O)c(C(=O)N2CCSCC2)c(CCc2ccccc2)n1CCN(C)C. The van der Waals surface area contributed by atoms with Crippen molar-refractivity contribution in [3.63, 3.8) is 0 Å². The number of benzene rings is 1. The Morgan fingerprint density at radius 1 is 1.10 bits per heavy atom. The van der Waals surface area contributed by atoms with Crippen LogP contribution in [0.1, 0.15) is 27.3 Å². The highest BCUT2D eigenvalue weighted by molar-refractivity contribution is 7.99. The molecule has 3 rings (SSSR count). The number of aromatic nitrogens is 1. The lowest BCUT2D eigenvalue weighted by atomic mass is 10.0. The van der Waals surface area contributed by atoms with Crippen LogP contribution in [0.4, 0.5) is 0 Å². The number of aryl methyl sites for hydroxylation is 2. The van der Waals surface area contributed by atoms with Gasteiger partial charge in [0.2, 0.25) is 0 Å². The van der Waals surface area contributed by atoms with Crippen LogP contribution >= 0.6 is 11.8 Å². The molecule has 1 aromatic carbocycles. The van der Waals surface area contributed by atoms with Gasteiger partial charge in [0, 0.05) is 55.1 Å². The summed E-state index contributed by atoms with van der Waals surface area (Å²) in [6.07, 6.45) is 1.49. The molecule has 1 fully saturated rings. The zero-order valence-electron chi connectivity index (χ0n) is 17.7. The fraction of sp³-hybridized carbons (Fsp3) is 0.478. The predicted octanol–water partition coefficient (Wildman–Crippen LogP) is 2.69. The molecule has 0 unspecified atom stereocenters. The summed E-state index contributed by atoms with van der Waals surface area (Å²) in [5.74, 6) is 1.77. The Balaban J connectivity index is 2.00. The summed E-state index contributed by atoms with van der Waals surface area (Å²) in [6.45, 7) is 5.02. The molecule has 6 heteroatoms. The lowest BCUT2D eigenvalue weighted by Crippen LogP contribution is -2.41. The molecule has 1 aliphatic heterocycles. The average Bonchev–Trinajstić information content (AvgIpc) is 2.72. The highest BCUT2D eigenvalue weighted by atomic mass is 32.2. The number of carbonyl (C=O) groups excluding carboxylic acids is 1. The predicted molar refractivity (Wildman–Crippen MR) is 121 cm³/mol. The van der Waals surface area contributed by atoms with Gasteiger partial charge in [-0.1, -0.05) is 30.3 Å². The first kappa shape index (κ1) is 21.7. The van der Waals surface area contributed by atoms with E-state index in [2.05, 4.69) is 21.6 Å². The molecule has 5 nitrogen and oxygen atoms in total. The van der Waals surface area contributed by atoms with Crippen LogP contribution in [0.5, 0.6) is 0 Å². The van der Waals surface area contributed by atoms with Crippen molar-refractivity contribution < 1.29 is 4.79 Å². The highest BCUT2D eigenvalue weighted by Gasteiger charge is 2.25. The van der Waals surface area contributed by atoms with Crippen molar-refractivity contribution in [1.29, 1.82) is 0 Å². The monoisotopic (exact) mass is 413 g/mol. The van der Waals surface area contributed by atoms with Crippen molar-refractivity contribution in [1.82, 2.24) is 14.4 Å². The van der Waals surface area contributed by atoms with Gasteiger partial charge >= 0.3 is 0 Å². The van der Waals surface area contributed by atoms with Crippen LogP contribution in [0.15, 0.2) is 41.2 Å². The summed E-state index contributed by atoms with van der Waals surface area (Å²) in [5, 5.41) is 0. The number of likely N-dealkylation sites (N-methyl/N-ethyl adjacent to an activating group) is 1. The Morgan fingerprint density at radius 3 is 2.45 bits per heavy atom. The summed E-state index contributed by atoms with van der Waals surface area (Å²) >= 11 is 1.86. The van der Waals surface area contributed by atoms with E-state index in [9.17, 15) is 9.59 Å². The summed E-state index contributed by atoms with van der Waals surface area (Å²) in [7, 11) is 4.08. The van der Waals surface area contributed by atoms with Crippen molar-refractivity contribution in [2.45, 2.75) is 26.3 Å². The van der Waals surface area contributed by atoms with Crippen LogP contribution in [-0.4, -0.2) is 65.5 Å². The minimum atomic E-state index is -0.144. The van der Waals surface area contributed by atoms with Gasteiger partial charge in [-0.15, -0.1) is 0 Å². The van der Waals surface area contributed by atoms with Crippen LogP contribution in [0.3, 0.4) is 0 Å². The maximum absolute atomic E-state index is 13.3. The van der Waals surface area contributed by atoms with Crippen molar-refractivity contribution >= 4 is 17.7 Å². The third kappa shape index (κ3) is 5.52. The third-order valence-corrected chi connectivity index (χ3v) is 6.35. The van der Waals surface area contributed by atoms with Gasteiger partial charge in [-0.3, -0.25) is 9.59 Å². The molecule has 156 valence electrons. The average molecular weight is 414 g/mol. The Hall–Kier alpha value is -2.05. The van der Waals surface area contributed by atoms with Gasteiger partial charge in [0.1, 0.15) is 5.56 Å². The Morgan fingerprint density at radius 2 is 1.79 bits per heavy atom. The molecule has 1 aromatic heterocycles. The smallest absolute Gasteiger partial charge is 0.259 e. The molecule has 1 saturated heterocycles. The zero-order chi connectivity index (χ0) is 20.8. The molecule has 0 saturated carbocycles. The first-order valence-electron chi connectivity index (χ1n) is 10.3. The largest absolute Gasteiger partial charge is 0.347 e. The van der Waals surface area contributed by atoms with E-state index in [1.807, 2.05) is 55.9 Å². The molecule has 0 N–H and O–H groups in total. The number of hydrogen-bond donors (Lipinski definition) is 0. The second-order valence-corrected chi connectivity index (χ2v) is 9.04. The van der Waals surface area contributed by atoms with Gasteiger partial charge < -0.3 is 14.4 Å². The van der Waals surface area contributed by atoms with E-state index in [0.29, 0.717) is 25.1 Å². The van der Waals surface area contributed by atoms with Crippen molar-refractivity contribution in [3.05, 3.63) is 69.1 Å². The molecule has 0 atom stereocenters. The van der Waals surface area contributed by atoms with E-state index in [4.69, 9.17) is 0 Å². The second kappa shape index (κ2) is 10.1.